The molecule has 36 heavy (non-hydrogen) atoms. The predicted octanol–water partition coefficient (Wildman–Crippen LogP) is 3.09. The first-order chi connectivity index (χ1) is 17.1. The Morgan fingerprint density at radius 1 is 1.00 bits per heavy atom. The highest BCUT2D eigenvalue weighted by molar-refractivity contribution is 5.91. The van der Waals surface area contributed by atoms with Crippen molar-refractivity contribution in [3.63, 3.8) is 0 Å². The van der Waals surface area contributed by atoms with Crippen LogP contribution in [0.15, 0.2) is 82.6 Å². The molecule has 0 aliphatic heterocycles. The number of carbonyl (C=O) groups excluding carboxylic acids is 1. The number of carbonyl (C=O) groups is 1. The van der Waals surface area contributed by atoms with Gasteiger partial charge in [0.1, 0.15) is 0 Å². The molecule has 0 aliphatic rings. The molecule has 4 rings (SSSR count). The number of benzene rings is 2. The van der Waals surface area contributed by atoms with Crippen LogP contribution in [-0.4, -0.2) is 25.2 Å². The maximum absolute atomic E-state index is 13.2. The molecule has 2 heterocycles. The molecule has 2 aromatic heterocycles. The number of hydrogen-bond donors (Lipinski definition) is 1. The largest absolute Gasteiger partial charge is 0.416 e. The Balaban J connectivity index is 1.79. The molecule has 0 unspecified atom stereocenters. The van der Waals surface area contributed by atoms with E-state index < -0.39 is 41.1 Å². The van der Waals surface area contributed by atoms with Crippen molar-refractivity contribution in [1.82, 2.24) is 24.6 Å². The van der Waals surface area contributed by atoms with Crippen LogP contribution in [0.25, 0.3) is 5.69 Å². The first kappa shape index (κ1) is 24.6. The molecule has 4 aromatic rings. The lowest BCUT2D eigenvalue weighted by atomic mass is 10.1. The van der Waals surface area contributed by atoms with Crippen LogP contribution < -0.4 is 16.6 Å². The van der Waals surface area contributed by atoms with Crippen molar-refractivity contribution in [1.29, 1.82) is 0 Å². The highest BCUT2D eigenvalue weighted by Gasteiger charge is 2.30. The Kier molecular flexibility index (Phi) is 6.82. The normalized spacial score (nSPS) is 11.3. The van der Waals surface area contributed by atoms with Gasteiger partial charge in [-0.25, -0.2) is 4.79 Å². The maximum Gasteiger partial charge on any atom is 0.416 e. The van der Waals surface area contributed by atoms with Gasteiger partial charge in [0, 0.05) is 18.9 Å². The van der Waals surface area contributed by atoms with E-state index >= 15 is 0 Å². The van der Waals surface area contributed by atoms with E-state index in [1.807, 2.05) is 6.92 Å². The van der Waals surface area contributed by atoms with Crippen LogP contribution in [0.2, 0.25) is 0 Å². The van der Waals surface area contributed by atoms with Gasteiger partial charge < -0.3 is 5.32 Å². The van der Waals surface area contributed by atoms with Gasteiger partial charge >= 0.3 is 11.9 Å². The van der Waals surface area contributed by atoms with Crippen LogP contribution >= 0.6 is 0 Å². The SMILES string of the molecule is Cc1ccc(-n2nc(C(=O)NCc3cccnc3)c(=O)n(Cc3cccc(C(F)(F)F)c3)c2=O)cc1. The zero-order chi connectivity index (χ0) is 25.9. The number of pyridine rings is 1. The fraction of sp³-hybridized carbons (Fsp3) is 0.160. The monoisotopic (exact) mass is 495 g/mol. The minimum atomic E-state index is -4.60. The lowest BCUT2D eigenvalue weighted by Crippen LogP contribution is -2.46. The maximum atomic E-state index is 13.2. The molecule has 0 spiro atoms. The van der Waals surface area contributed by atoms with E-state index in [1.165, 1.54) is 18.3 Å². The number of aromatic nitrogens is 4. The molecule has 184 valence electrons. The Hall–Kier alpha value is -4.54. The average molecular weight is 495 g/mol. The van der Waals surface area contributed by atoms with E-state index in [4.69, 9.17) is 0 Å². The average Bonchev–Trinajstić information content (AvgIpc) is 2.86. The van der Waals surface area contributed by atoms with E-state index in [0.717, 1.165) is 22.4 Å². The summed E-state index contributed by atoms with van der Waals surface area (Å²) in [6, 6.07) is 14.3. The first-order valence-corrected chi connectivity index (χ1v) is 10.8. The summed E-state index contributed by atoms with van der Waals surface area (Å²) >= 11 is 0. The topological polar surface area (TPSA) is 98.9 Å². The van der Waals surface area contributed by atoms with Crippen LogP contribution in [0.3, 0.4) is 0 Å². The van der Waals surface area contributed by atoms with Crippen LogP contribution in [0.4, 0.5) is 13.2 Å². The van der Waals surface area contributed by atoms with Gasteiger partial charge in [-0.1, -0.05) is 35.9 Å². The van der Waals surface area contributed by atoms with E-state index in [-0.39, 0.29) is 17.8 Å². The molecule has 0 fully saturated rings. The van der Waals surface area contributed by atoms with Crippen LogP contribution in [-0.2, 0) is 19.3 Å². The summed E-state index contributed by atoms with van der Waals surface area (Å²) in [5.74, 6) is -0.845. The summed E-state index contributed by atoms with van der Waals surface area (Å²) in [7, 11) is 0. The molecule has 1 N–H and O–H groups in total. The quantitative estimate of drug-likeness (QED) is 0.443. The Morgan fingerprint density at radius 2 is 1.72 bits per heavy atom. The lowest BCUT2D eigenvalue weighted by molar-refractivity contribution is -0.137. The molecule has 1 amide bonds. The minimum Gasteiger partial charge on any atom is -0.346 e. The lowest BCUT2D eigenvalue weighted by Gasteiger charge is -2.13. The van der Waals surface area contributed by atoms with Gasteiger partial charge in [-0.2, -0.15) is 23.0 Å². The minimum absolute atomic E-state index is 0.0467. The first-order valence-electron chi connectivity index (χ1n) is 10.8. The zero-order valence-electron chi connectivity index (χ0n) is 19.0. The third kappa shape index (κ3) is 5.40. The number of hydrogen-bond acceptors (Lipinski definition) is 5. The summed E-state index contributed by atoms with van der Waals surface area (Å²) in [6.07, 6.45) is -1.50. The van der Waals surface area contributed by atoms with E-state index in [1.54, 1.807) is 42.6 Å². The highest BCUT2D eigenvalue weighted by atomic mass is 19.4. The van der Waals surface area contributed by atoms with Gasteiger partial charge in [-0.15, -0.1) is 0 Å². The second-order valence-electron chi connectivity index (χ2n) is 8.01. The number of amides is 1. The molecule has 0 aliphatic carbocycles. The molecule has 8 nitrogen and oxygen atoms in total. The molecule has 0 bridgehead atoms. The molecular weight excluding hydrogens is 475 g/mol. The zero-order valence-corrected chi connectivity index (χ0v) is 19.0. The Morgan fingerprint density at radius 3 is 2.39 bits per heavy atom. The van der Waals surface area contributed by atoms with Crippen molar-refractivity contribution in [2.45, 2.75) is 26.2 Å². The van der Waals surface area contributed by atoms with E-state index in [9.17, 15) is 27.6 Å². The number of rotatable bonds is 6. The Labute approximate surface area is 202 Å². The summed E-state index contributed by atoms with van der Waals surface area (Å²) in [5.41, 5.74) is -1.51. The molecule has 11 heteroatoms. The Bertz CT molecular complexity index is 1510. The molecule has 0 saturated heterocycles. The van der Waals surface area contributed by atoms with Gasteiger partial charge in [0.2, 0.25) is 5.69 Å². The van der Waals surface area contributed by atoms with Crippen molar-refractivity contribution < 1.29 is 18.0 Å². The van der Waals surface area contributed by atoms with Gasteiger partial charge in [0.15, 0.2) is 0 Å². The fourth-order valence-corrected chi connectivity index (χ4v) is 3.45. The van der Waals surface area contributed by atoms with Crippen LogP contribution in [0.1, 0.15) is 32.7 Å². The summed E-state index contributed by atoms with van der Waals surface area (Å²) in [6.45, 7) is 1.40. The standard InChI is InChI=1S/C25H20F3N5O3/c1-16-7-9-20(10-8-16)33-24(36)32(15-17-4-2-6-19(12-17)25(26,27)28)23(35)21(31-33)22(34)30-14-18-5-3-11-29-13-18/h2-13H,14-15H2,1H3,(H,30,34). The predicted molar refractivity (Wildman–Crippen MR) is 125 cm³/mol. The van der Waals surface area contributed by atoms with E-state index in [2.05, 4.69) is 15.4 Å². The van der Waals surface area contributed by atoms with Gasteiger partial charge in [0.25, 0.3) is 11.5 Å². The number of nitrogens with one attached hydrogen (secondary N) is 1. The summed E-state index contributed by atoms with van der Waals surface area (Å²) < 4.78 is 41.1. The smallest absolute Gasteiger partial charge is 0.346 e. The highest BCUT2D eigenvalue weighted by Crippen LogP contribution is 2.29. The van der Waals surface area contributed by atoms with Gasteiger partial charge in [0.05, 0.1) is 17.8 Å². The number of halogens is 3. The molecule has 0 saturated carbocycles. The van der Waals surface area contributed by atoms with Crippen molar-refractivity contribution >= 4 is 5.91 Å². The number of alkyl halides is 3. The second kappa shape index (κ2) is 9.98. The van der Waals surface area contributed by atoms with Gasteiger partial charge in [-0.3, -0.25) is 19.1 Å². The molecule has 0 atom stereocenters. The summed E-state index contributed by atoms with van der Waals surface area (Å²) in [5, 5.41) is 6.57. The third-order valence-electron chi connectivity index (χ3n) is 5.32. The fourth-order valence-electron chi connectivity index (χ4n) is 3.45. The van der Waals surface area contributed by atoms with Crippen molar-refractivity contribution in [3.05, 3.63) is 122 Å². The number of nitrogens with zero attached hydrogens (tertiary/aromatic N) is 4. The molecule has 2 aromatic carbocycles. The third-order valence-corrected chi connectivity index (χ3v) is 5.32. The van der Waals surface area contributed by atoms with Crippen molar-refractivity contribution in [2.75, 3.05) is 0 Å². The second-order valence-corrected chi connectivity index (χ2v) is 8.01. The van der Waals surface area contributed by atoms with Crippen molar-refractivity contribution in [3.8, 4) is 5.69 Å². The van der Waals surface area contributed by atoms with Gasteiger partial charge in [-0.05, 0) is 48.4 Å². The van der Waals surface area contributed by atoms with Crippen LogP contribution in [0, 0.1) is 6.92 Å². The van der Waals surface area contributed by atoms with Crippen LogP contribution in [0.5, 0.6) is 0 Å². The van der Waals surface area contributed by atoms with Crippen molar-refractivity contribution in [2.24, 2.45) is 0 Å². The number of aryl methyl sites for hydroxylation is 1. The molecule has 0 radical (unpaired) electrons. The summed E-state index contributed by atoms with van der Waals surface area (Å²) in [4.78, 5) is 43.2. The van der Waals surface area contributed by atoms with E-state index in [0.29, 0.717) is 10.1 Å². The molecular formula is C25H20F3N5O3.